The van der Waals surface area contributed by atoms with Crippen molar-refractivity contribution < 1.29 is 23.1 Å². The molecule has 1 aromatic rings. The van der Waals surface area contributed by atoms with E-state index in [0.717, 1.165) is 18.9 Å². The van der Waals surface area contributed by atoms with Gasteiger partial charge in [-0.1, -0.05) is 18.5 Å². The summed E-state index contributed by atoms with van der Waals surface area (Å²) in [5.41, 5.74) is -0.202. The molecule has 6 nitrogen and oxygen atoms in total. The van der Waals surface area contributed by atoms with Crippen molar-refractivity contribution in [2.24, 2.45) is 29.1 Å². The van der Waals surface area contributed by atoms with Gasteiger partial charge in [-0.15, -0.1) is 0 Å². The Morgan fingerprint density at radius 1 is 1.16 bits per heavy atom. The van der Waals surface area contributed by atoms with E-state index in [9.17, 15) is 18.4 Å². The van der Waals surface area contributed by atoms with Gasteiger partial charge in [0, 0.05) is 67.7 Å². The summed E-state index contributed by atoms with van der Waals surface area (Å²) >= 11 is 5.94. The summed E-state index contributed by atoms with van der Waals surface area (Å²) < 4.78 is 34.7. The number of carbonyl (C=O) groups is 2. The summed E-state index contributed by atoms with van der Waals surface area (Å²) in [7, 11) is 0. The van der Waals surface area contributed by atoms with E-state index in [0.29, 0.717) is 49.9 Å². The van der Waals surface area contributed by atoms with Gasteiger partial charge in [0.25, 0.3) is 0 Å². The van der Waals surface area contributed by atoms with Gasteiger partial charge in [0.2, 0.25) is 17.7 Å². The Balaban J connectivity index is 1.27. The number of ether oxygens (including phenoxy) is 1. The maximum absolute atomic E-state index is 14.9. The molecule has 2 aliphatic heterocycles. The van der Waals surface area contributed by atoms with Crippen molar-refractivity contribution in [2.45, 2.75) is 52.1 Å². The van der Waals surface area contributed by atoms with Crippen LogP contribution in [-0.4, -0.2) is 58.9 Å². The number of hydrogen-bond donors (Lipinski definition) is 0. The van der Waals surface area contributed by atoms with Crippen LogP contribution >= 0.6 is 11.6 Å². The number of nitrogens with zero attached hydrogens (tertiary/aromatic N) is 3. The first-order chi connectivity index (χ1) is 17.6. The summed E-state index contributed by atoms with van der Waals surface area (Å²) in [6, 6.07) is 3.37. The van der Waals surface area contributed by atoms with Crippen molar-refractivity contribution in [1.29, 1.82) is 0 Å². The molecule has 2 aliphatic carbocycles. The molecule has 3 heterocycles. The van der Waals surface area contributed by atoms with Gasteiger partial charge in [-0.3, -0.25) is 9.59 Å². The predicted octanol–water partition coefficient (Wildman–Crippen LogP) is 5.34. The smallest absolute Gasteiger partial charge is 0.228 e. The summed E-state index contributed by atoms with van der Waals surface area (Å²) in [6.07, 6.45) is 6.93. The molecule has 0 N–H and O–H groups in total. The van der Waals surface area contributed by atoms with Crippen molar-refractivity contribution in [2.75, 3.05) is 26.2 Å². The number of likely N-dealkylation sites (tertiary alicyclic amines) is 2. The molecule has 4 aliphatic rings. The Hall–Kier alpha value is -2.48. The van der Waals surface area contributed by atoms with E-state index in [2.05, 4.69) is 4.98 Å². The largest absolute Gasteiger partial charge is 0.474 e. The number of hydrogen-bond acceptors (Lipinski definition) is 4. The molecule has 4 atom stereocenters. The normalized spacial score (nSPS) is 28.4. The number of amides is 2. The predicted molar refractivity (Wildman–Crippen MR) is 136 cm³/mol. The lowest BCUT2D eigenvalue weighted by Gasteiger charge is -2.34. The summed E-state index contributed by atoms with van der Waals surface area (Å²) in [6.45, 7) is 5.94. The quantitative estimate of drug-likeness (QED) is 0.495. The zero-order valence-electron chi connectivity index (χ0n) is 21.3. The Kier molecular flexibility index (Phi) is 7.31. The van der Waals surface area contributed by atoms with E-state index in [4.69, 9.17) is 16.3 Å². The van der Waals surface area contributed by atoms with Crippen LogP contribution in [0.2, 0.25) is 5.02 Å². The molecular weight excluding hydrogens is 500 g/mol. The van der Waals surface area contributed by atoms with E-state index in [1.165, 1.54) is 12.3 Å². The van der Waals surface area contributed by atoms with Crippen LogP contribution in [0.15, 0.2) is 42.1 Å². The molecule has 1 aromatic heterocycles. The van der Waals surface area contributed by atoms with Crippen molar-refractivity contribution in [3.63, 3.8) is 0 Å². The molecule has 1 unspecified atom stereocenters. The van der Waals surface area contributed by atoms with Gasteiger partial charge in [-0.05, 0) is 57.1 Å². The third-order valence-corrected chi connectivity index (χ3v) is 8.92. The third-order valence-electron chi connectivity index (χ3n) is 8.70. The highest BCUT2D eigenvalue weighted by Gasteiger charge is 2.49. The zero-order chi connectivity index (χ0) is 26.3. The van der Waals surface area contributed by atoms with Gasteiger partial charge in [0.1, 0.15) is 17.8 Å². The summed E-state index contributed by atoms with van der Waals surface area (Å²) in [4.78, 5) is 34.2. The number of carbonyl (C=O) groups excluding carboxylic acids is 2. The highest BCUT2D eigenvalue weighted by molar-refractivity contribution is 6.30. The minimum absolute atomic E-state index is 0.0518. The first-order valence-corrected chi connectivity index (χ1v) is 13.6. The lowest BCUT2D eigenvalue weighted by Crippen LogP contribution is -2.46. The molecular formula is C28H34ClF2N3O3. The molecule has 1 saturated carbocycles. The van der Waals surface area contributed by atoms with Crippen molar-refractivity contribution in [1.82, 2.24) is 14.8 Å². The van der Waals surface area contributed by atoms with Crippen LogP contribution < -0.4 is 4.74 Å². The van der Waals surface area contributed by atoms with Gasteiger partial charge in [-0.25, -0.2) is 13.8 Å². The molecule has 200 valence electrons. The maximum Gasteiger partial charge on any atom is 0.228 e. The Morgan fingerprint density at radius 2 is 1.89 bits per heavy atom. The molecule has 0 spiro atoms. The molecule has 3 fully saturated rings. The number of rotatable bonds is 6. The van der Waals surface area contributed by atoms with Gasteiger partial charge in [-0.2, -0.15) is 0 Å². The fraction of sp³-hybridized carbons (Fsp3) is 0.607. The second-order valence-corrected chi connectivity index (χ2v) is 11.7. The van der Waals surface area contributed by atoms with Gasteiger partial charge < -0.3 is 14.5 Å². The van der Waals surface area contributed by atoms with Crippen LogP contribution in [0.3, 0.4) is 0 Å². The lowest BCUT2D eigenvalue weighted by molar-refractivity contribution is -0.142. The van der Waals surface area contributed by atoms with Crippen molar-refractivity contribution in [3.8, 4) is 5.88 Å². The monoisotopic (exact) mass is 533 g/mol. The Morgan fingerprint density at radius 3 is 2.51 bits per heavy atom. The molecule has 2 saturated heterocycles. The minimum Gasteiger partial charge on any atom is -0.474 e. The number of halogens is 3. The van der Waals surface area contributed by atoms with Crippen LogP contribution in [0.1, 0.15) is 46.0 Å². The number of pyridine rings is 1. The van der Waals surface area contributed by atoms with Crippen molar-refractivity contribution in [3.05, 3.63) is 47.2 Å². The zero-order valence-corrected chi connectivity index (χ0v) is 22.1. The van der Waals surface area contributed by atoms with Gasteiger partial charge in [0.05, 0.1) is 5.02 Å². The highest BCUT2D eigenvalue weighted by atomic mass is 35.5. The molecule has 5 rings (SSSR count). The summed E-state index contributed by atoms with van der Waals surface area (Å²) in [5.74, 6) is -1.42. The Bertz CT molecular complexity index is 1100. The van der Waals surface area contributed by atoms with Crippen molar-refractivity contribution >= 4 is 23.4 Å². The fourth-order valence-electron chi connectivity index (χ4n) is 6.07. The second-order valence-electron chi connectivity index (χ2n) is 11.3. The number of allylic oxidation sites excluding steroid dienone is 4. The molecule has 9 heteroatoms. The van der Waals surface area contributed by atoms with Crippen LogP contribution in [-0.2, 0) is 9.59 Å². The van der Waals surface area contributed by atoms with E-state index in [1.807, 2.05) is 23.6 Å². The second kappa shape index (κ2) is 10.4. The van der Waals surface area contributed by atoms with E-state index in [-0.39, 0.29) is 47.5 Å². The van der Waals surface area contributed by atoms with Crippen LogP contribution in [0.5, 0.6) is 5.88 Å². The van der Waals surface area contributed by atoms with Gasteiger partial charge in [0.15, 0.2) is 0 Å². The fourth-order valence-corrected chi connectivity index (χ4v) is 6.18. The average Bonchev–Trinajstić information content (AvgIpc) is 3.48. The molecule has 37 heavy (non-hydrogen) atoms. The SMILES string of the molecule is C[C@H](Oc1ccc(Cl)cn1)[C@H]1CN(C(=O)C2CCN(C(=O)C3(C)CC3)CC2)C[C@@H]1C1CC=C(F)C=C1F. The molecule has 0 bridgehead atoms. The summed E-state index contributed by atoms with van der Waals surface area (Å²) in [5, 5.41) is 0.498. The lowest BCUT2D eigenvalue weighted by atomic mass is 9.77. The van der Waals surface area contributed by atoms with Crippen LogP contribution in [0.25, 0.3) is 0 Å². The van der Waals surface area contributed by atoms with Crippen LogP contribution in [0, 0.1) is 29.1 Å². The van der Waals surface area contributed by atoms with E-state index in [1.54, 1.807) is 12.1 Å². The van der Waals surface area contributed by atoms with Gasteiger partial charge >= 0.3 is 0 Å². The number of aromatic nitrogens is 1. The topological polar surface area (TPSA) is 62.7 Å². The van der Waals surface area contributed by atoms with E-state index < -0.39 is 17.6 Å². The standard InChI is InChI=1S/C28H34ClF2N3O3/c1-17(37-25-6-3-19(29)14-32-25)22-15-34(16-23(22)21-5-4-20(30)13-24(21)31)26(35)18-7-11-33(12-8-18)27(36)28(2)9-10-28/h3-4,6,13-14,17-18,21-23H,5,7-12,15-16H2,1-2H3/t17-,21?,22+,23+/m0/s1. The average molecular weight is 534 g/mol. The van der Waals surface area contributed by atoms with Crippen LogP contribution in [0.4, 0.5) is 8.78 Å². The highest BCUT2D eigenvalue weighted by Crippen LogP contribution is 2.47. The minimum atomic E-state index is -0.563. The number of piperidine rings is 1. The third kappa shape index (κ3) is 5.54. The molecule has 0 radical (unpaired) electrons. The molecule has 0 aromatic carbocycles. The maximum atomic E-state index is 14.9. The first-order valence-electron chi connectivity index (χ1n) is 13.2. The van der Waals surface area contributed by atoms with E-state index >= 15 is 0 Å². The molecule has 2 amide bonds. The first kappa shape index (κ1) is 26.1. The Labute approximate surface area is 221 Å².